The Kier molecular flexibility index (Phi) is 6.51. The third-order valence-electron chi connectivity index (χ3n) is 5.69. The predicted molar refractivity (Wildman–Crippen MR) is 125 cm³/mol. The lowest BCUT2D eigenvalue weighted by atomic mass is 10.1. The Labute approximate surface area is 192 Å². The summed E-state index contributed by atoms with van der Waals surface area (Å²) in [6.07, 6.45) is 2.79. The van der Waals surface area contributed by atoms with Gasteiger partial charge in [-0.25, -0.2) is 9.97 Å². The lowest BCUT2D eigenvalue weighted by Gasteiger charge is -2.17. The highest BCUT2D eigenvalue weighted by atomic mass is 35.5. The molecule has 0 radical (unpaired) electrons. The summed E-state index contributed by atoms with van der Waals surface area (Å²) in [5, 5.41) is 3.44. The fourth-order valence-electron chi connectivity index (χ4n) is 3.94. The fourth-order valence-corrected chi connectivity index (χ4v) is 4.07. The molecule has 0 bridgehead atoms. The number of nitrogens with zero attached hydrogens (tertiary/aromatic N) is 3. The molecule has 4 rings (SSSR count). The predicted octanol–water partition coefficient (Wildman–Crippen LogP) is 4.56. The number of rotatable bonds is 5. The maximum absolute atomic E-state index is 12.7. The molecule has 0 aliphatic carbocycles. The number of anilines is 1. The largest absolute Gasteiger partial charge is 0.342 e. The van der Waals surface area contributed by atoms with Crippen molar-refractivity contribution >= 4 is 29.1 Å². The second-order valence-corrected chi connectivity index (χ2v) is 8.62. The molecule has 1 atom stereocenters. The molecule has 1 saturated heterocycles. The molecule has 164 valence electrons. The molecule has 6 nitrogen and oxygen atoms in total. The number of hydrogen-bond donors (Lipinski definition) is 1. The summed E-state index contributed by atoms with van der Waals surface area (Å²) < 4.78 is 0. The molecule has 32 heavy (non-hydrogen) atoms. The van der Waals surface area contributed by atoms with Crippen molar-refractivity contribution in [2.24, 2.45) is 0 Å². The zero-order valence-electron chi connectivity index (χ0n) is 18.1. The molecule has 1 aliphatic rings. The van der Waals surface area contributed by atoms with E-state index in [-0.39, 0.29) is 17.7 Å². The fraction of sp³-hybridized carbons (Fsp3) is 0.280. The average Bonchev–Trinajstić information content (AvgIpc) is 3.26. The number of aryl methyl sites for hydroxylation is 2. The SMILES string of the molecule is Cc1cccc(CC(=O)N2CC[C@H](c3ncc(C(=O)Nc4ccc(Cl)cc4)c(C)n3)C2)c1. The third-order valence-corrected chi connectivity index (χ3v) is 5.94. The van der Waals surface area contributed by atoms with E-state index in [2.05, 4.69) is 15.3 Å². The van der Waals surface area contributed by atoms with Crippen molar-refractivity contribution in [2.75, 3.05) is 18.4 Å². The van der Waals surface area contributed by atoms with Crippen LogP contribution in [0.5, 0.6) is 0 Å². The number of aromatic nitrogens is 2. The van der Waals surface area contributed by atoms with Crippen molar-refractivity contribution in [3.8, 4) is 0 Å². The molecule has 3 aromatic rings. The van der Waals surface area contributed by atoms with E-state index in [1.165, 1.54) is 0 Å². The quantitative estimate of drug-likeness (QED) is 0.621. The molecule has 1 fully saturated rings. The van der Waals surface area contributed by atoms with Crippen molar-refractivity contribution in [2.45, 2.75) is 32.6 Å². The van der Waals surface area contributed by atoms with Gasteiger partial charge >= 0.3 is 0 Å². The first-order chi connectivity index (χ1) is 15.4. The minimum atomic E-state index is -0.266. The summed E-state index contributed by atoms with van der Waals surface area (Å²) in [5.74, 6) is 0.603. The molecule has 2 amide bonds. The topological polar surface area (TPSA) is 75.2 Å². The van der Waals surface area contributed by atoms with Gasteiger partial charge in [0, 0.05) is 35.9 Å². The van der Waals surface area contributed by atoms with Crippen molar-refractivity contribution < 1.29 is 9.59 Å². The summed E-state index contributed by atoms with van der Waals surface area (Å²) in [5.41, 5.74) is 3.88. The van der Waals surface area contributed by atoms with E-state index in [4.69, 9.17) is 11.6 Å². The molecule has 2 heterocycles. The number of likely N-dealkylation sites (tertiary alicyclic amines) is 1. The van der Waals surface area contributed by atoms with Crippen molar-refractivity contribution in [1.82, 2.24) is 14.9 Å². The molecule has 0 unspecified atom stereocenters. The van der Waals surface area contributed by atoms with Crippen LogP contribution in [0.25, 0.3) is 0 Å². The third kappa shape index (κ3) is 5.14. The Hall–Kier alpha value is -3.25. The van der Waals surface area contributed by atoms with Gasteiger partial charge in [0.15, 0.2) is 0 Å². The Morgan fingerprint density at radius 2 is 1.94 bits per heavy atom. The van der Waals surface area contributed by atoms with Gasteiger partial charge in [0.25, 0.3) is 5.91 Å². The first-order valence-corrected chi connectivity index (χ1v) is 11.0. The Morgan fingerprint density at radius 1 is 1.16 bits per heavy atom. The second-order valence-electron chi connectivity index (χ2n) is 8.18. The van der Waals surface area contributed by atoms with Gasteiger partial charge in [-0.2, -0.15) is 0 Å². The molecule has 7 heteroatoms. The van der Waals surface area contributed by atoms with Crippen molar-refractivity contribution in [1.29, 1.82) is 0 Å². The van der Waals surface area contributed by atoms with Gasteiger partial charge in [-0.3, -0.25) is 9.59 Å². The zero-order valence-corrected chi connectivity index (χ0v) is 18.9. The van der Waals surface area contributed by atoms with E-state index in [1.54, 1.807) is 37.4 Å². The lowest BCUT2D eigenvalue weighted by Crippen LogP contribution is -2.30. The van der Waals surface area contributed by atoms with Gasteiger partial charge in [-0.1, -0.05) is 41.4 Å². The van der Waals surface area contributed by atoms with Gasteiger partial charge in [0.1, 0.15) is 5.82 Å². The molecule has 0 saturated carbocycles. The number of hydrogen-bond acceptors (Lipinski definition) is 4. The number of carbonyl (C=O) groups excluding carboxylic acids is 2. The van der Waals surface area contributed by atoms with Gasteiger partial charge in [0.05, 0.1) is 17.7 Å². The van der Waals surface area contributed by atoms with Crippen LogP contribution < -0.4 is 5.32 Å². The lowest BCUT2D eigenvalue weighted by molar-refractivity contribution is -0.129. The first kappa shape index (κ1) is 22.0. The molecule has 1 aliphatic heterocycles. The van der Waals surface area contributed by atoms with E-state index in [9.17, 15) is 9.59 Å². The van der Waals surface area contributed by atoms with Gasteiger partial charge < -0.3 is 10.2 Å². The average molecular weight is 449 g/mol. The van der Waals surface area contributed by atoms with E-state index in [0.29, 0.717) is 47.3 Å². The van der Waals surface area contributed by atoms with Crippen LogP contribution in [0.15, 0.2) is 54.7 Å². The monoisotopic (exact) mass is 448 g/mol. The van der Waals surface area contributed by atoms with Crippen LogP contribution in [0, 0.1) is 13.8 Å². The van der Waals surface area contributed by atoms with E-state index >= 15 is 0 Å². The maximum atomic E-state index is 12.7. The van der Waals surface area contributed by atoms with E-state index in [1.807, 2.05) is 36.1 Å². The van der Waals surface area contributed by atoms with Gasteiger partial charge in [-0.15, -0.1) is 0 Å². The van der Waals surface area contributed by atoms with E-state index in [0.717, 1.165) is 17.5 Å². The second kappa shape index (κ2) is 9.49. The number of halogens is 1. The van der Waals surface area contributed by atoms with Crippen LogP contribution >= 0.6 is 11.6 Å². The Bertz CT molecular complexity index is 1150. The smallest absolute Gasteiger partial charge is 0.259 e. The molecule has 0 spiro atoms. The van der Waals surface area contributed by atoms with Crippen molar-refractivity contribution in [3.05, 3.63) is 88.0 Å². The summed E-state index contributed by atoms with van der Waals surface area (Å²) in [6.45, 7) is 5.12. The minimum absolute atomic E-state index is 0.0727. The number of nitrogens with one attached hydrogen (secondary N) is 1. The highest BCUT2D eigenvalue weighted by molar-refractivity contribution is 6.30. The summed E-state index contributed by atoms with van der Waals surface area (Å²) >= 11 is 5.89. The summed E-state index contributed by atoms with van der Waals surface area (Å²) in [7, 11) is 0. The summed E-state index contributed by atoms with van der Waals surface area (Å²) in [4.78, 5) is 36.3. The molecule has 1 aromatic heterocycles. The van der Waals surface area contributed by atoms with Crippen LogP contribution in [0.3, 0.4) is 0 Å². The molecule has 1 N–H and O–H groups in total. The molecular weight excluding hydrogens is 424 g/mol. The molecule has 2 aromatic carbocycles. The van der Waals surface area contributed by atoms with Gasteiger partial charge in [-0.05, 0) is 50.1 Å². The van der Waals surface area contributed by atoms with Crippen LogP contribution in [0.1, 0.15) is 45.3 Å². The first-order valence-electron chi connectivity index (χ1n) is 10.6. The maximum Gasteiger partial charge on any atom is 0.259 e. The van der Waals surface area contributed by atoms with Crippen LogP contribution in [-0.4, -0.2) is 39.8 Å². The van der Waals surface area contributed by atoms with Crippen LogP contribution in [0.4, 0.5) is 5.69 Å². The normalized spacial score (nSPS) is 15.6. The van der Waals surface area contributed by atoms with Crippen LogP contribution in [0.2, 0.25) is 5.02 Å². The summed E-state index contributed by atoms with van der Waals surface area (Å²) in [6, 6.07) is 15.0. The Morgan fingerprint density at radius 3 is 2.66 bits per heavy atom. The number of benzene rings is 2. The standard InChI is InChI=1S/C25H25ClN4O2/c1-16-4-3-5-18(12-16)13-23(31)30-11-10-19(15-30)24-27-14-22(17(2)28-24)25(32)29-21-8-6-20(26)7-9-21/h3-9,12,14,19H,10-11,13,15H2,1-2H3,(H,29,32)/t19-/m0/s1. The van der Waals surface area contributed by atoms with Gasteiger partial charge in [0.2, 0.25) is 5.91 Å². The molecular formula is C25H25ClN4O2. The highest BCUT2D eigenvalue weighted by Gasteiger charge is 2.29. The Balaban J connectivity index is 1.39. The number of carbonyl (C=O) groups is 2. The zero-order chi connectivity index (χ0) is 22.7. The highest BCUT2D eigenvalue weighted by Crippen LogP contribution is 2.26. The van der Waals surface area contributed by atoms with Crippen molar-refractivity contribution in [3.63, 3.8) is 0 Å². The minimum Gasteiger partial charge on any atom is -0.342 e. The van der Waals surface area contributed by atoms with E-state index < -0.39 is 0 Å². The number of amides is 2. The van der Waals surface area contributed by atoms with Crippen LogP contribution in [-0.2, 0) is 11.2 Å².